The van der Waals surface area contributed by atoms with E-state index in [1.165, 1.54) is 0 Å². The molecule has 3 heteroatoms. The second kappa shape index (κ2) is 3.90. The zero-order chi connectivity index (χ0) is 9.14. The van der Waals surface area contributed by atoms with Crippen molar-refractivity contribution in [3.05, 3.63) is 28.5 Å². The molecule has 1 aromatic rings. The van der Waals surface area contributed by atoms with Crippen LogP contribution in [0, 0.1) is 11.9 Å². The summed E-state index contributed by atoms with van der Waals surface area (Å²) < 4.78 is 18.7. The maximum Gasteiger partial charge on any atom is 0.179 e. The molecule has 12 heavy (non-hydrogen) atoms. The SMILES string of the molecule is CC(C)Oc1[c]ccc(Br)c1F. The molecule has 0 heterocycles. The molecule has 1 aromatic carbocycles. The average Bonchev–Trinajstić information content (AvgIpc) is 1.98. The molecule has 65 valence electrons. The molecule has 1 nitrogen and oxygen atoms in total. The molecule has 0 aliphatic heterocycles. The van der Waals surface area contributed by atoms with Crippen molar-refractivity contribution in [2.75, 3.05) is 0 Å². The highest BCUT2D eigenvalue weighted by Crippen LogP contribution is 2.24. The summed E-state index contributed by atoms with van der Waals surface area (Å²) in [4.78, 5) is 0. The number of ether oxygens (including phenoxy) is 1. The van der Waals surface area contributed by atoms with Crippen LogP contribution in [0.25, 0.3) is 0 Å². The first-order valence-electron chi connectivity index (χ1n) is 3.63. The van der Waals surface area contributed by atoms with E-state index in [1.807, 2.05) is 13.8 Å². The number of hydrogen-bond acceptors (Lipinski definition) is 1. The van der Waals surface area contributed by atoms with E-state index in [2.05, 4.69) is 22.0 Å². The van der Waals surface area contributed by atoms with E-state index in [1.54, 1.807) is 12.1 Å². The Morgan fingerprint density at radius 1 is 1.58 bits per heavy atom. The Morgan fingerprint density at radius 3 is 2.83 bits per heavy atom. The average molecular weight is 232 g/mol. The second-order valence-corrected chi connectivity index (χ2v) is 3.49. The lowest BCUT2D eigenvalue weighted by molar-refractivity contribution is 0.230. The second-order valence-electron chi connectivity index (χ2n) is 2.64. The van der Waals surface area contributed by atoms with Gasteiger partial charge in [-0.3, -0.25) is 0 Å². The van der Waals surface area contributed by atoms with E-state index in [9.17, 15) is 4.39 Å². The van der Waals surface area contributed by atoms with Crippen LogP contribution in [0.3, 0.4) is 0 Å². The minimum absolute atomic E-state index is 0.0370. The lowest BCUT2D eigenvalue weighted by Gasteiger charge is -2.10. The van der Waals surface area contributed by atoms with Gasteiger partial charge < -0.3 is 4.74 Å². The summed E-state index contributed by atoms with van der Waals surface area (Å²) in [6.07, 6.45) is -0.0370. The van der Waals surface area contributed by atoms with Gasteiger partial charge in [-0.15, -0.1) is 0 Å². The van der Waals surface area contributed by atoms with Crippen molar-refractivity contribution in [2.24, 2.45) is 0 Å². The van der Waals surface area contributed by atoms with Gasteiger partial charge in [-0.2, -0.15) is 0 Å². The van der Waals surface area contributed by atoms with E-state index in [4.69, 9.17) is 4.74 Å². The van der Waals surface area contributed by atoms with E-state index < -0.39 is 5.82 Å². The van der Waals surface area contributed by atoms with Crippen LogP contribution in [0.4, 0.5) is 4.39 Å². The standard InChI is InChI=1S/C9H9BrFO/c1-6(2)12-8-5-3-4-7(10)9(8)11/h3-4,6H,1-2H3. The van der Waals surface area contributed by atoms with Crippen LogP contribution in [-0.4, -0.2) is 6.10 Å². The molecule has 0 aliphatic rings. The molecule has 1 rings (SSSR count). The Labute approximate surface area is 79.7 Å². The normalized spacial score (nSPS) is 10.4. The Morgan fingerprint density at radius 2 is 2.25 bits per heavy atom. The monoisotopic (exact) mass is 231 g/mol. The molecule has 0 amide bonds. The van der Waals surface area contributed by atoms with Crippen LogP contribution in [0.15, 0.2) is 16.6 Å². The topological polar surface area (TPSA) is 9.23 Å². The van der Waals surface area contributed by atoms with Gasteiger partial charge in [0.25, 0.3) is 0 Å². The first-order chi connectivity index (χ1) is 5.61. The largest absolute Gasteiger partial charge is 0.487 e. The third-order valence-electron chi connectivity index (χ3n) is 1.21. The van der Waals surface area contributed by atoms with Crippen LogP contribution >= 0.6 is 15.9 Å². The van der Waals surface area contributed by atoms with E-state index in [0.29, 0.717) is 4.47 Å². The molecule has 0 unspecified atom stereocenters. The van der Waals surface area contributed by atoms with Gasteiger partial charge in [0.05, 0.1) is 10.6 Å². The van der Waals surface area contributed by atoms with Crippen molar-refractivity contribution in [1.29, 1.82) is 0 Å². The molecule has 0 aromatic heterocycles. The maximum absolute atomic E-state index is 13.2. The Kier molecular flexibility index (Phi) is 3.09. The lowest BCUT2D eigenvalue weighted by Crippen LogP contribution is -2.07. The first kappa shape index (κ1) is 9.52. The third-order valence-corrected chi connectivity index (χ3v) is 1.82. The highest BCUT2D eigenvalue weighted by Gasteiger charge is 2.07. The van der Waals surface area contributed by atoms with Gasteiger partial charge in [0, 0.05) is 6.07 Å². The predicted octanol–water partition coefficient (Wildman–Crippen LogP) is 3.18. The Hall–Kier alpha value is -0.570. The van der Waals surface area contributed by atoms with Crippen molar-refractivity contribution in [3.63, 3.8) is 0 Å². The molecule has 0 aliphatic carbocycles. The zero-order valence-electron chi connectivity index (χ0n) is 6.90. The molecule has 0 bridgehead atoms. The van der Waals surface area contributed by atoms with Crippen molar-refractivity contribution in [2.45, 2.75) is 20.0 Å². The van der Waals surface area contributed by atoms with Gasteiger partial charge in [0.1, 0.15) is 0 Å². The van der Waals surface area contributed by atoms with Gasteiger partial charge in [-0.05, 0) is 41.9 Å². The molecule has 0 spiro atoms. The fourth-order valence-corrected chi connectivity index (χ4v) is 1.07. The van der Waals surface area contributed by atoms with E-state index >= 15 is 0 Å². The predicted molar refractivity (Wildman–Crippen MR) is 48.7 cm³/mol. The van der Waals surface area contributed by atoms with Crippen molar-refractivity contribution < 1.29 is 9.13 Å². The first-order valence-corrected chi connectivity index (χ1v) is 4.43. The third kappa shape index (κ3) is 2.21. The Bertz CT molecular complexity index is 273. The highest BCUT2D eigenvalue weighted by atomic mass is 79.9. The van der Waals surface area contributed by atoms with Gasteiger partial charge >= 0.3 is 0 Å². The molecule has 0 saturated heterocycles. The van der Waals surface area contributed by atoms with Gasteiger partial charge in [-0.25, -0.2) is 4.39 Å². The molecule has 0 N–H and O–H groups in total. The van der Waals surface area contributed by atoms with Crippen LogP contribution in [0.5, 0.6) is 5.75 Å². The van der Waals surface area contributed by atoms with E-state index in [0.717, 1.165) is 0 Å². The quantitative estimate of drug-likeness (QED) is 0.760. The molecule has 0 atom stereocenters. The van der Waals surface area contributed by atoms with Gasteiger partial charge in [0.2, 0.25) is 0 Å². The maximum atomic E-state index is 13.2. The number of hydrogen-bond donors (Lipinski definition) is 0. The van der Waals surface area contributed by atoms with Crippen molar-refractivity contribution in [1.82, 2.24) is 0 Å². The van der Waals surface area contributed by atoms with Crippen LogP contribution in [0.2, 0.25) is 0 Å². The molecular weight excluding hydrogens is 223 g/mol. The zero-order valence-corrected chi connectivity index (χ0v) is 8.48. The van der Waals surface area contributed by atoms with Gasteiger partial charge in [-0.1, -0.05) is 0 Å². The van der Waals surface area contributed by atoms with Crippen molar-refractivity contribution >= 4 is 15.9 Å². The van der Waals surface area contributed by atoms with E-state index in [-0.39, 0.29) is 11.9 Å². The minimum Gasteiger partial charge on any atom is -0.487 e. The fourth-order valence-electron chi connectivity index (χ4n) is 0.757. The van der Waals surface area contributed by atoms with Gasteiger partial charge in [0.15, 0.2) is 11.6 Å². The number of rotatable bonds is 2. The summed E-state index contributed by atoms with van der Waals surface area (Å²) in [5, 5.41) is 0. The smallest absolute Gasteiger partial charge is 0.179 e. The lowest BCUT2D eigenvalue weighted by atomic mass is 10.3. The summed E-state index contributed by atoms with van der Waals surface area (Å²) in [6, 6.07) is 5.88. The number of benzene rings is 1. The molecule has 0 saturated carbocycles. The summed E-state index contributed by atoms with van der Waals surface area (Å²) in [5.74, 6) is -0.231. The summed E-state index contributed by atoms with van der Waals surface area (Å²) in [5.41, 5.74) is 0. The van der Waals surface area contributed by atoms with Crippen LogP contribution in [-0.2, 0) is 0 Å². The minimum atomic E-state index is -0.397. The fraction of sp³-hybridized carbons (Fsp3) is 0.333. The summed E-state index contributed by atoms with van der Waals surface area (Å²) >= 11 is 3.06. The molecule has 1 radical (unpaired) electrons. The van der Waals surface area contributed by atoms with Crippen molar-refractivity contribution in [3.8, 4) is 5.75 Å². The van der Waals surface area contributed by atoms with Crippen LogP contribution in [0.1, 0.15) is 13.8 Å². The highest BCUT2D eigenvalue weighted by molar-refractivity contribution is 9.10. The Balaban J connectivity index is 2.92. The molecular formula is C9H9BrFO. The van der Waals surface area contributed by atoms with Crippen LogP contribution < -0.4 is 4.74 Å². The number of halogens is 2. The summed E-state index contributed by atoms with van der Waals surface area (Å²) in [7, 11) is 0. The summed E-state index contributed by atoms with van der Waals surface area (Å²) in [6.45, 7) is 3.68. The molecule has 0 fully saturated rings.